The highest BCUT2D eigenvalue weighted by atomic mass is 79.9. The number of rotatable bonds is 4. The van der Waals surface area contributed by atoms with E-state index < -0.39 is 0 Å². The minimum atomic E-state index is 0.542. The highest BCUT2D eigenvalue weighted by Gasteiger charge is 2.16. The van der Waals surface area contributed by atoms with E-state index in [1.165, 1.54) is 0 Å². The number of methoxy groups -OCH3 is 1. The summed E-state index contributed by atoms with van der Waals surface area (Å²) in [5.74, 6) is 0.702. The van der Waals surface area contributed by atoms with Crippen molar-refractivity contribution in [2.45, 2.75) is 0 Å². The molecule has 21 heavy (non-hydrogen) atoms. The largest absolute Gasteiger partial charge is 0.494 e. The van der Waals surface area contributed by atoms with Gasteiger partial charge in [-0.15, -0.1) is 0 Å². The predicted molar refractivity (Wildman–Crippen MR) is 86.5 cm³/mol. The van der Waals surface area contributed by atoms with Crippen molar-refractivity contribution >= 4 is 33.6 Å². The molecule has 1 aromatic carbocycles. The maximum Gasteiger partial charge on any atom is 0.153 e. The molecule has 3 rings (SSSR count). The Kier molecular flexibility index (Phi) is 3.90. The van der Waals surface area contributed by atoms with Gasteiger partial charge < -0.3 is 4.74 Å². The SMILES string of the molecule is COc1ccccc1-n1cc(C=O)c(-c2cscc2Br)n1. The number of para-hydroxylation sites is 2. The summed E-state index contributed by atoms with van der Waals surface area (Å²) >= 11 is 5.04. The standard InChI is InChI=1S/C15H11BrN2O2S/c1-20-14-5-3-2-4-13(14)18-6-10(7-19)15(17-18)11-8-21-9-12(11)16/h2-9H,1H3. The number of carbonyl (C=O) groups excluding carboxylic acids is 1. The van der Waals surface area contributed by atoms with Gasteiger partial charge in [0.05, 0.1) is 12.7 Å². The molecule has 106 valence electrons. The fraction of sp³-hybridized carbons (Fsp3) is 0.0667. The fourth-order valence-corrected chi connectivity index (χ4v) is 3.54. The first-order valence-electron chi connectivity index (χ1n) is 6.15. The number of ether oxygens (including phenoxy) is 1. The molecule has 0 radical (unpaired) electrons. The van der Waals surface area contributed by atoms with Gasteiger partial charge in [0.25, 0.3) is 0 Å². The van der Waals surface area contributed by atoms with E-state index in [0.717, 1.165) is 22.0 Å². The Morgan fingerprint density at radius 2 is 2.14 bits per heavy atom. The number of thiophene rings is 1. The van der Waals surface area contributed by atoms with Crippen LogP contribution >= 0.6 is 27.3 Å². The number of carbonyl (C=O) groups is 1. The lowest BCUT2D eigenvalue weighted by atomic mass is 10.2. The number of aldehydes is 1. The summed E-state index contributed by atoms with van der Waals surface area (Å²) in [6, 6.07) is 7.55. The second kappa shape index (κ2) is 5.83. The Balaban J connectivity index is 2.16. The van der Waals surface area contributed by atoms with Gasteiger partial charge in [0.15, 0.2) is 6.29 Å². The summed E-state index contributed by atoms with van der Waals surface area (Å²) in [6.07, 6.45) is 2.53. The van der Waals surface area contributed by atoms with Crippen LogP contribution in [0.5, 0.6) is 5.75 Å². The highest BCUT2D eigenvalue weighted by molar-refractivity contribution is 9.10. The molecule has 0 unspecified atom stereocenters. The van der Waals surface area contributed by atoms with Gasteiger partial charge in [-0.1, -0.05) is 12.1 Å². The Bertz CT molecular complexity index is 795. The summed E-state index contributed by atoms with van der Waals surface area (Å²) in [4.78, 5) is 11.3. The van der Waals surface area contributed by atoms with E-state index in [4.69, 9.17) is 4.74 Å². The zero-order valence-corrected chi connectivity index (χ0v) is 13.5. The number of aromatic nitrogens is 2. The Labute approximate surface area is 134 Å². The Hall–Kier alpha value is -1.92. The monoisotopic (exact) mass is 362 g/mol. The summed E-state index contributed by atoms with van der Waals surface area (Å²) in [7, 11) is 1.61. The van der Waals surface area contributed by atoms with Crippen molar-refractivity contribution < 1.29 is 9.53 Å². The van der Waals surface area contributed by atoms with E-state index in [9.17, 15) is 4.79 Å². The van der Waals surface area contributed by atoms with Crippen LogP contribution in [0.15, 0.2) is 45.7 Å². The summed E-state index contributed by atoms with van der Waals surface area (Å²) in [5.41, 5.74) is 2.90. The van der Waals surface area contributed by atoms with E-state index >= 15 is 0 Å². The Morgan fingerprint density at radius 3 is 2.81 bits per heavy atom. The summed E-state index contributed by atoms with van der Waals surface area (Å²) in [6.45, 7) is 0. The van der Waals surface area contributed by atoms with Gasteiger partial charge >= 0.3 is 0 Å². The van der Waals surface area contributed by atoms with Crippen molar-refractivity contribution in [2.24, 2.45) is 0 Å². The Morgan fingerprint density at radius 1 is 1.33 bits per heavy atom. The number of halogens is 1. The third kappa shape index (κ3) is 2.52. The highest BCUT2D eigenvalue weighted by Crippen LogP contribution is 2.33. The van der Waals surface area contributed by atoms with Gasteiger partial charge in [-0.3, -0.25) is 4.79 Å². The first-order chi connectivity index (χ1) is 10.2. The van der Waals surface area contributed by atoms with Gasteiger partial charge in [0.2, 0.25) is 0 Å². The summed E-state index contributed by atoms with van der Waals surface area (Å²) < 4.78 is 7.94. The third-order valence-electron chi connectivity index (χ3n) is 3.07. The lowest BCUT2D eigenvalue weighted by molar-refractivity contribution is 0.112. The van der Waals surface area contributed by atoms with E-state index in [2.05, 4.69) is 21.0 Å². The molecule has 0 atom stereocenters. The number of hydrogen-bond donors (Lipinski definition) is 0. The normalized spacial score (nSPS) is 10.6. The molecule has 0 saturated heterocycles. The minimum absolute atomic E-state index is 0.542. The molecule has 6 heteroatoms. The van der Waals surface area contributed by atoms with Gasteiger partial charge in [-0.2, -0.15) is 16.4 Å². The van der Waals surface area contributed by atoms with Crippen LogP contribution in [0.2, 0.25) is 0 Å². The van der Waals surface area contributed by atoms with Crippen molar-refractivity contribution in [3.8, 4) is 22.7 Å². The summed E-state index contributed by atoms with van der Waals surface area (Å²) in [5, 5.41) is 8.47. The molecule has 0 N–H and O–H groups in total. The van der Waals surface area contributed by atoms with Crippen molar-refractivity contribution in [1.82, 2.24) is 9.78 Å². The molecule has 0 aliphatic heterocycles. The van der Waals surface area contributed by atoms with Crippen LogP contribution in [0, 0.1) is 0 Å². The van der Waals surface area contributed by atoms with E-state index in [-0.39, 0.29) is 0 Å². The van der Waals surface area contributed by atoms with Crippen LogP contribution in [0.25, 0.3) is 16.9 Å². The smallest absolute Gasteiger partial charge is 0.153 e. The number of benzene rings is 1. The van der Waals surface area contributed by atoms with E-state index in [1.807, 2.05) is 35.0 Å². The number of hydrogen-bond acceptors (Lipinski definition) is 4. The van der Waals surface area contributed by atoms with Crippen LogP contribution in [-0.2, 0) is 0 Å². The minimum Gasteiger partial charge on any atom is -0.494 e. The zero-order chi connectivity index (χ0) is 14.8. The van der Waals surface area contributed by atoms with Crippen molar-refractivity contribution in [3.63, 3.8) is 0 Å². The van der Waals surface area contributed by atoms with Crippen molar-refractivity contribution in [3.05, 3.63) is 51.3 Å². The predicted octanol–water partition coefficient (Wildman–Crippen LogP) is 4.18. The van der Waals surface area contributed by atoms with Gasteiger partial charge in [-0.25, -0.2) is 4.68 Å². The molecule has 0 aliphatic carbocycles. The molecule has 0 saturated carbocycles. The second-order valence-corrected chi connectivity index (χ2v) is 5.90. The van der Waals surface area contributed by atoms with Crippen molar-refractivity contribution in [2.75, 3.05) is 7.11 Å². The molecule has 2 aromatic heterocycles. The molecular weight excluding hydrogens is 352 g/mol. The van der Waals surface area contributed by atoms with Crippen molar-refractivity contribution in [1.29, 1.82) is 0 Å². The van der Waals surface area contributed by atoms with Gasteiger partial charge in [0, 0.05) is 27.0 Å². The quantitative estimate of drug-likeness (QED) is 0.653. The average molecular weight is 363 g/mol. The van der Waals surface area contributed by atoms with Crippen LogP contribution in [-0.4, -0.2) is 23.2 Å². The van der Waals surface area contributed by atoms with Crippen LogP contribution < -0.4 is 4.74 Å². The molecule has 3 aromatic rings. The molecule has 4 nitrogen and oxygen atoms in total. The average Bonchev–Trinajstić information content (AvgIpc) is 3.12. The molecule has 2 heterocycles. The maximum absolute atomic E-state index is 11.3. The molecule has 0 fully saturated rings. The molecule has 0 aliphatic rings. The molecule has 0 amide bonds. The third-order valence-corrected chi connectivity index (χ3v) is 4.77. The lowest BCUT2D eigenvalue weighted by Gasteiger charge is -2.07. The molecule has 0 bridgehead atoms. The molecular formula is C15H11BrN2O2S. The molecule has 0 spiro atoms. The van der Waals surface area contributed by atoms with Crippen LogP contribution in [0.4, 0.5) is 0 Å². The van der Waals surface area contributed by atoms with E-state index in [0.29, 0.717) is 17.0 Å². The maximum atomic E-state index is 11.3. The number of nitrogens with zero attached hydrogens (tertiary/aromatic N) is 2. The lowest BCUT2D eigenvalue weighted by Crippen LogP contribution is -1.98. The van der Waals surface area contributed by atoms with Crippen LogP contribution in [0.3, 0.4) is 0 Å². The van der Waals surface area contributed by atoms with Crippen LogP contribution in [0.1, 0.15) is 10.4 Å². The first-order valence-corrected chi connectivity index (χ1v) is 7.88. The van der Waals surface area contributed by atoms with Gasteiger partial charge in [-0.05, 0) is 28.1 Å². The topological polar surface area (TPSA) is 44.1 Å². The second-order valence-electron chi connectivity index (χ2n) is 4.30. The zero-order valence-electron chi connectivity index (χ0n) is 11.1. The van der Waals surface area contributed by atoms with E-state index in [1.54, 1.807) is 29.3 Å². The fourth-order valence-electron chi connectivity index (χ4n) is 2.08. The first kappa shape index (κ1) is 14.0. The van der Waals surface area contributed by atoms with Gasteiger partial charge in [0.1, 0.15) is 17.1 Å².